The zero-order valence-corrected chi connectivity index (χ0v) is 20.0. The van der Waals surface area contributed by atoms with Crippen LogP contribution in [-0.2, 0) is 0 Å². The van der Waals surface area contributed by atoms with Gasteiger partial charge in [0.2, 0.25) is 0 Å². The second-order valence-corrected chi connectivity index (χ2v) is 7.93. The van der Waals surface area contributed by atoms with Crippen LogP contribution in [0.1, 0.15) is 36.0 Å². The summed E-state index contributed by atoms with van der Waals surface area (Å²) in [5.41, 5.74) is 0.569. The molecule has 0 unspecified atom stereocenters. The average Bonchev–Trinajstić information content (AvgIpc) is 2.75. The van der Waals surface area contributed by atoms with E-state index in [1.165, 1.54) is 18.2 Å². The molecule has 0 amide bonds. The van der Waals surface area contributed by atoms with Crippen molar-refractivity contribution in [1.29, 1.82) is 0 Å². The molecular weight excluding hydrogens is 457 g/mol. The monoisotopic (exact) mass is 488 g/mol. The minimum Gasteiger partial charge on any atom is -0.487 e. The van der Waals surface area contributed by atoms with E-state index in [1.54, 1.807) is 30.3 Å². The lowest BCUT2D eigenvalue weighted by atomic mass is 10.1. The van der Waals surface area contributed by atoms with Crippen molar-refractivity contribution >= 4 is 30.6 Å². The van der Waals surface area contributed by atoms with Gasteiger partial charge in [-0.25, -0.2) is 8.78 Å². The van der Waals surface area contributed by atoms with E-state index in [4.69, 9.17) is 4.74 Å². The summed E-state index contributed by atoms with van der Waals surface area (Å²) in [6.07, 6.45) is 3.10. The predicted octanol–water partition coefficient (Wildman–Crippen LogP) is 5.25. The molecule has 0 radical (unpaired) electrons. The van der Waals surface area contributed by atoms with Crippen LogP contribution in [0.25, 0.3) is 0 Å². The summed E-state index contributed by atoms with van der Waals surface area (Å²) in [5, 5.41) is 0. The fourth-order valence-corrected chi connectivity index (χ4v) is 3.68. The van der Waals surface area contributed by atoms with E-state index < -0.39 is 0 Å². The third-order valence-electron chi connectivity index (χ3n) is 5.57. The molecule has 2 aromatic carbocycles. The van der Waals surface area contributed by atoms with Gasteiger partial charge in [0.15, 0.2) is 17.3 Å². The molecule has 3 rings (SSSR count). The number of likely N-dealkylation sites (N-methyl/N-ethyl adjacent to an activating group) is 1. The second kappa shape index (κ2) is 14.4. The van der Waals surface area contributed by atoms with Crippen LogP contribution in [0, 0.1) is 11.6 Å². The SMILES string of the molecule is CN(CCCC(=O)c1ccc(F)cc1)CCN1CCC(Oc2ccccc2F)CC1.Cl.Cl. The first-order valence-electron chi connectivity index (χ1n) is 10.6. The Balaban J connectivity index is 0.00000256. The molecule has 8 heteroatoms. The van der Waals surface area contributed by atoms with Gasteiger partial charge in [0, 0.05) is 38.2 Å². The lowest BCUT2D eigenvalue weighted by molar-refractivity contribution is 0.0913. The molecule has 1 aliphatic heterocycles. The van der Waals surface area contributed by atoms with E-state index in [2.05, 4.69) is 16.8 Å². The van der Waals surface area contributed by atoms with Crippen LogP contribution in [0.3, 0.4) is 0 Å². The number of benzene rings is 2. The number of likely N-dealkylation sites (tertiary alicyclic amines) is 1. The number of hydrogen-bond acceptors (Lipinski definition) is 4. The van der Waals surface area contributed by atoms with Crippen molar-refractivity contribution in [3.05, 3.63) is 65.7 Å². The fraction of sp³-hybridized carbons (Fsp3) is 0.458. The van der Waals surface area contributed by atoms with Crippen LogP contribution in [-0.4, -0.2) is 61.5 Å². The van der Waals surface area contributed by atoms with Crippen molar-refractivity contribution in [2.24, 2.45) is 0 Å². The minimum atomic E-state index is -0.325. The van der Waals surface area contributed by atoms with Gasteiger partial charge >= 0.3 is 0 Å². The Labute approximate surface area is 201 Å². The highest BCUT2D eigenvalue weighted by Crippen LogP contribution is 2.21. The van der Waals surface area contributed by atoms with Gasteiger partial charge in [0.05, 0.1) is 0 Å². The highest BCUT2D eigenvalue weighted by atomic mass is 35.5. The zero-order valence-electron chi connectivity index (χ0n) is 18.3. The van der Waals surface area contributed by atoms with Crippen LogP contribution >= 0.6 is 24.8 Å². The Morgan fingerprint density at radius 1 is 1.03 bits per heavy atom. The zero-order chi connectivity index (χ0) is 21.3. The van der Waals surface area contributed by atoms with Crippen molar-refractivity contribution in [2.75, 3.05) is 39.8 Å². The largest absolute Gasteiger partial charge is 0.487 e. The van der Waals surface area contributed by atoms with Gasteiger partial charge in [0.1, 0.15) is 11.9 Å². The number of carbonyl (C=O) groups is 1. The first kappa shape index (κ1) is 28.3. The van der Waals surface area contributed by atoms with Crippen molar-refractivity contribution in [2.45, 2.75) is 31.8 Å². The van der Waals surface area contributed by atoms with E-state index in [0.29, 0.717) is 17.7 Å². The summed E-state index contributed by atoms with van der Waals surface area (Å²) in [6.45, 7) is 4.63. The standard InChI is InChI=1S/C24H30F2N2O2.2ClH/c1-27(14-4-6-23(29)19-8-10-20(25)11-9-19)17-18-28-15-12-21(13-16-28)30-24-7-3-2-5-22(24)26;;/h2-3,5,7-11,21H,4,6,12-18H2,1H3;2*1H. The van der Waals surface area contributed by atoms with Crippen LogP contribution in [0.5, 0.6) is 5.75 Å². The molecule has 4 nitrogen and oxygen atoms in total. The van der Waals surface area contributed by atoms with Gasteiger partial charge in [-0.3, -0.25) is 4.79 Å². The molecule has 1 aliphatic rings. The summed E-state index contributed by atoms with van der Waals surface area (Å²) < 4.78 is 32.5. The number of halogens is 4. The Hall–Kier alpha value is -1.73. The third kappa shape index (κ3) is 9.02. The molecule has 0 atom stereocenters. The molecule has 0 spiro atoms. The highest BCUT2D eigenvalue weighted by Gasteiger charge is 2.21. The van der Waals surface area contributed by atoms with Gasteiger partial charge in [-0.1, -0.05) is 12.1 Å². The van der Waals surface area contributed by atoms with Gasteiger partial charge in [-0.05, 0) is 69.3 Å². The Morgan fingerprint density at radius 2 is 1.69 bits per heavy atom. The minimum absolute atomic E-state index is 0. The van der Waals surface area contributed by atoms with Crippen molar-refractivity contribution in [3.8, 4) is 5.75 Å². The smallest absolute Gasteiger partial charge is 0.165 e. The number of Topliss-reactive ketones (excluding diaryl/α,β-unsaturated/α-hetero) is 1. The van der Waals surface area contributed by atoms with Crippen molar-refractivity contribution < 1.29 is 18.3 Å². The molecule has 1 saturated heterocycles. The average molecular weight is 489 g/mol. The van der Waals surface area contributed by atoms with Gasteiger partial charge < -0.3 is 14.5 Å². The molecule has 1 fully saturated rings. The van der Waals surface area contributed by atoms with Crippen molar-refractivity contribution in [3.63, 3.8) is 0 Å². The molecule has 0 N–H and O–H groups in total. The lowest BCUT2D eigenvalue weighted by Gasteiger charge is -2.33. The number of rotatable bonds is 10. The highest BCUT2D eigenvalue weighted by molar-refractivity contribution is 5.95. The van der Waals surface area contributed by atoms with Crippen LogP contribution in [0.2, 0.25) is 0 Å². The Bertz CT molecular complexity index is 816. The quantitative estimate of drug-likeness (QED) is 0.427. The number of nitrogens with zero attached hydrogens (tertiary/aromatic N) is 2. The molecule has 0 aliphatic carbocycles. The summed E-state index contributed by atoms with van der Waals surface area (Å²) >= 11 is 0. The number of ketones is 1. The molecule has 2 aromatic rings. The fourth-order valence-electron chi connectivity index (χ4n) is 3.68. The first-order chi connectivity index (χ1) is 14.5. The molecule has 0 bridgehead atoms. The van der Waals surface area contributed by atoms with Gasteiger partial charge in [-0.2, -0.15) is 0 Å². The maximum Gasteiger partial charge on any atom is 0.165 e. The summed E-state index contributed by atoms with van der Waals surface area (Å²) in [4.78, 5) is 16.8. The Kier molecular flexibility index (Phi) is 12.8. The predicted molar refractivity (Wildman–Crippen MR) is 128 cm³/mol. The number of carbonyl (C=O) groups excluding carboxylic acids is 1. The van der Waals surface area contributed by atoms with Gasteiger partial charge in [-0.15, -0.1) is 24.8 Å². The number of hydrogen-bond donors (Lipinski definition) is 0. The maximum absolute atomic E-state index is 13.7. The molecule has 0 aromatic heterocycles. The number of ether oxygens (including phenoxy) is 1. The van der Waals surface area contributed by atoms with E-state index in [-0.39, 0.29) is 48.3 Å². The van der Waals surface area contributed by atoms with E-state index in [0.717, 1.165) is 52.0 Å². The molecule has 1 heterocycles. The Morgan fingerprint density at radius 3 is 2.34 bits per heavy atom. The van der Waals surface area contributed by atoms with E-state index >= 15 is 0 Å². The first-order valence-corrected chi connectivity index (χ1v) is 10.6. The van der Waals surface area contributed by atoms with Crippen molar-refractivity contribution in [1.82, 2.24) is 9.80 Å². The van der Waals surface area contributed by atoms with Gasteiger partial charge in [0.25, 0.3) is 0 Å². The lowest BCUT2D eigenvalue weighted by Crippen LogP contribution is -2.41. The number of para-hydroxylation sites is 1. The van der Waals surface area contributed by atoms with E-state index in [9.17, 15) is 13.6 Å². The second-order valence-electron chi connectivity index (χ2n) is 7.93. The summed E-state index contributed by atoms with van der Waals surface area (Å²) in [6, 6.07) is 12.3. The molecule has 0 saturated carbocycles. The third-order valence-corrected chi connectivity index (χ3v) is 5.57. The summed E-state index contributed by atoms with van der Waals surface area (Å²) in [7, 11) is 2.07. The molecule has 178 valence electrons. The van der Waals surface area contributed by atoms with Crippen LogP contribution in [0.4, 0.5) is 8.78 Å². The normalized spacial score (nSPS) is 14.5. The molecular formula is C24H32Cl2F2N2O2. The maximum atomic E-state index is 13.7. The van der Waals surface area contributed by atoms with Crippen LogP contribution < -0.4 is 4.74 Å². The van der Waals surface area contributed by atoms with E-state index in [1.807, 2.05) is 0 Å². The number of piperidine rings is 1. The summed E-state index contributed by atoms with van der Waals surface area (Å²) in [5.74, 6) is -0.236. The van der Waals surface area contributed by atoms with Crippen LogP contribution in [0.15, 0.2) is 48.5 Å². The topological polar surface area (TPSA) is 32.8 Å². The molecule has 32 heavy (non-hydrogen) atoms.